The molecule has 0 saturated heterocycles. The predicted octanol–water partition coefficient (Wildman–Crippen LogP) is 6.52. The highest BCUT2D eigenvalue weighted by atomic mass is 16.5. The lowest BCUT2D eigenvalue weighted by atomic mass is 10.2. The third kappa shape index (κ3) is 5.39. The Labute approximate surface area is 202 Å². The molecule has 0 saturated carbocycles. The highest BCUT2D eigenvalue weighted by Crippen LogP contribution is 2.21. The van der Waals surface area contributed by atoms with Crippen molar-refractivity contribution in [3.8, 4) is 5.75 Å². The molecule has 0 aliphatic carbocycles. The van der Waals surface area contributed by atoms with E-state index in [-0.39, 0.29) is 17.6 Å². The number of para-hydroxylation sites is 1. The molecule has 0 radical (unpaired) electrons. The Morgan fingerprint density at radius 1 is 0.686 bits per heavy atom. The van der Waals surface area contributed by atoms with Crippen LogP contribution in [0.3, 0.4) is 0 Å². The van der Waals surface area contributed by atoms with Crippen LogP contribution in [0.5, 0.6) is 5.75 Å². The second-order valence-corrected chi connectivity index (χ2v) is 7.93. The highest BCUT2D eigenvalue weighted by Gasteiger charge is 2.13. The molecule has 0 aliphatic rings. The number of carbonyl (C=O) groups is 2. The van der Waals surface area contributed by atoms with Gasteiger partial charge < -0.3 is 19.8 Å². The first-order chi connectivity index (χ1) is 17.1. The van der Waals surface area contributed by atoms with Crippen LogP contribution in [0.25, 0.3) is 11.0 Å². The molecule has 1 aromatic heterocycles. The van der Waals surface area contributed by atoms with E-state index in [9.17, 15) is 9.59 Å². The van der Waals surface area contributed by atoms with Crippen LogP contribution in [-0.4, -0.2) is 11.8 Å². The van der Waals surface area contributed by atoms with Crippen molar-refractivity contribution in [1.29, 1.82) is 0 Å². The van der Waals surface area contributed by atoms with E-state index in [1.54, 1.807) is 54.6 Å². The fourth-order valence-corrected chi connectivity index (χ4v) is 3.57. The minimum absolute atomic E-state index is 0.236. The van der Waals surface area contributed by atoms with Gasteiger partial charge in [-0.2, -0.15) is 0 Å². The maximum Gasteiger partial charge on any atom is 0.291 e. The van der Waals surface area contributed by atoms with Crippen LogP contribution in [0.4, 0.5) is 11.4 Å². The molecule has 0 aliphatic heterocycles. The van der Waals surface area contributed by atoms with E-state index in [0.717, 1.165) is 10.9 Å². The Morgan fingerprint density at radius 3 is 2.00 bits per heavy atom. The fraction of sp³-hybridized carbons (Fsp3) is 0.0345. The molecular weight excluding hydrogens is 440 g/mol. The highest BCUT2D eigenvalue weighted by molar-refractivity contribution is 6.06. The lowest BCUT2D eigenvalue weighted by Gasteiger charge is -2.09. The molecule has 5 rings (SSSR count). The number of benzene rings is 4. The maximum atomic E-state index is 12.6. The Morgan fingerprint density at radius 2 is 1.31 bits per heavy atom. The minimum Gasteiger partial charge on any atom is -0.489 e. The van der Waals surface area contributed by atoms with Crippen molar-refractivity contribution in [1.82, 2.24) is 0 Å². The average molecular weight is 463 g/mol. The van der Waals surface area contributed by atoms with E-state index in [0.29, 0.717) is 34.9 Å². The fourth-order valence-electron chi connectivity index (χ4n) is 3.57. The summed E-state index contributed by atoms with van der Waals surface area (Å²) in [6, 6.07) is 32.9. The van der Waals surface area contributed by atoms with Crippen LogP contribution in [0.15, 0.2) is 114 Å². The van der Waals surface area contributed by atoms with Crippen molar-refractivity contribution in [2.45, 2.75) is 6.61 Å². The lowest BCUT2D eigenvalue weighted by Crippen LogP contribution is -2.13. The van der Waals surface area contributed by atoms with Crippen molar-refractivity contribution in [2.75, 3.05) is 10.6 Å². The summed E-state index contributed by atoms with van der Waals surface area (Å²) in [5.74, 6) is 0.348. The van der Waals surface area contributed by atoms with Crippen LogP contribution in [0, 0.1) is 0 Å². The SMILES string of the molecule is O=C(Nc1ccc(NC(=O)c2cc3ccccc3o2)cc1)c1ccc(OCc2ccccc2)cc1. The van der Waals surface area contributed by atoms with E-state index in [1.165, 1.54) is 0 Å². The average Bonchev–Trinajstić information content (AvgIpc) is 3.34. The van der Waals surface area contributed by atoms with Gasteiger partial charge in [0.25, 0.3) is 11.8 Å². The molecular formula is C29H22N2O4. The Balaban J connectivity index is 1.16. The zero-order valence-electron chi connectivity index (χ0n) is 18.7. The molecule has 2 amide bonds. The van der Waals surface area contributed by atoms with Gasteiger partial charge in [0.05, 0.1) is 0 Å². The summed E-state index contributed by atoms with van der Waals surface area (Å²) in [5.41, 5.74) is 3.45. The van der Waals surface area contributed by atoms with Crippen LogP contribution in [0.2, 0.25) is 0 Å². The first-order valence-corrected chi connectivity index (χ1v) is 11.1. The minimum atomic E-state index is -0.340. The smallest absolute Gasteiger partial charge is 0.291 e. The molecule has 35 heavy (non-hydrogen) atoms. The zero-order valence-corrected chi connectivity index (χ0v) is 18.7. The van der Waals surface area contributed by atoms with Gasteiger partial charge in [-0.05, 0) is 66.2 Å². The van der Waals surface area contributed by atoms with Gasteiger partial charge in [-0.3, -0.25) is 9.59 Å². The predicted molar refractivity (Wildman–Crippen MR) is 136 cm³/mol. The summed E-state index contributed by atoms with van der Waals surface area (Å²) in [6.07, 6.45) is 0. The second-order valence-electron chi connectivity index (χ2n) is 7.93. The molecule has 6 nitrogen and oxygen atoms in total. The number of amides is 2. The molecule has 0 unspecified atom stereocenters. The number of hydrogen-bond acceptors (Lipinski definition) is 4. The largest absolute Gasteiger partial charge is 0.489 e. The molecule has 1 heterocycles. The normalized spacial score (nSPS) is 10.6. The summed E-state index contributed by atoms with van der Waals surface area (Å²) < 4.78 is 11.4. The summed E-state index contributed by atoms with van der Waals surface area (Å²) >= 11 is 0. The number of carbonyl (C=O) groups excluding carboxylic acids is 2. The van der Waals surface area contributed by atoms with E-state index < -0.39 is 0 Å². The van der Waals surface area contributed by atoms with Crippen LogP contribution in [-0.2, 0) is 6.61 Å². The van der Waals surface area contributed by atoms with Gasteiger partial charge in [0.2, 0.25) is 0 Å². The van der Waals surface area contributed by atoms with Gasteiger partial charge in [0.15, 0.2) is 5.76 Å². The zero-order chi connectivity index (χ0) is 24.0. The van der Waals surface area contributed by atoms with Gasteiger partial charge >= 0.3 is 0 Å². The third-order valence-corrected chi connectivity index (χ3v) is 5.41. The van der Waals surface area contributed by atoms with E-state index in [1.807, 2.05) is 54.6 Å². The molecule has 2 N–H and O–H groups in total. The number of ether oxygens (including phenoxy) is 1. The van der Waals surface area contributed by atoms with Crippen LogP contribution >= 0.6 is 0 Å². The van der Waals surface area contributed by atoms with Gasteiger partial charge in [-0.1, -0.05) is 48.5 Å². The van der Waals surface area contributed by atoms with Crippen LogP contribution < -0.4 is 15.4 Å². The summed E-state index contributed by atoms with van der Waals surface area (Å²) in [7, 11) is 0. The molecule has 0 spiro atoms. The number of anilines is 2. The number of rotatable bonds is 7. The van der Waals surface area contributed by atoms with Crippen molar-refractivity contribution in [3.63, 3.8) is 0 Å². The van der Waals surface area contributed by atoms with Gasteiger partial charge in [0, 0.05) is 22.3 Å². The van der Waals surface area contributed by atoms with E-state index >= 15 is 0 Å². The first-order valence-electron chi connectivity index (χ1n) is 11.1. The second kappa shape index (κ2) is 9.97. The Hall–Kier alpha value is -4.84. The van der Waals surface area contributed by atoms with E-state index in [2.05, 4.69) is 10.6 Å². The first kappa shape index (κ1) is 22.0. The standard InChI is InChI=1S/C29H22N2O4/c32-28(21-10-16-25(17-11-21)34-19-20-6-2-1-3-7-20)30-23-12-14-24(15-13-23)31-29(33)27-18-22-8-4-5-9-26(22)35-27/h1-18H,19H2,(H,30,32)(H,31,33). The molecule has 0 atom stereocenters. The molecule has 172 valence electrons. The topological polar surface area (TPSA) is 80.6 Å². The van der Waals surface area contributed by atoms with Crippen molar-refractivity contribution >= 4 is 34.2 Å². The summed E-state index contributed by atoms with van der Waals surface area (Å²) in [5, 5.41) is 6.52. The number of hydrogen-bond donors (Lipinski definition) is 2. The summed E-state index contributed by atoms with van der Waals surface area (Å²) in [6.45, 7) is 0.464. The number of fused-ring (bicyclic) bond motifs is 1. The molecule has 6 heteroatoms. The Bertz CT molecular complexity index is 1420. The maximum absolute atomic E-state index is 12.6. The van der Waals surface area contributed by atoms with Crippen molar-refractivity contribution in [2.24, 2.45) is 0 Å². The summed E-state index contributed by atoms with van der Waals surface area (Å²) in [4.78, 5) is 25.1. The van der Waals surface area contributed by atoms with E-state index in [4.69, 9.17) is 9.15 Å². The Kier molecular flexibility index (Phi) is 6.26. The molecule has 5 aromatic rings. The number of nitrogens with one attached hydrogen (secondary N) is 2. The van der Waals surface area contributed by atoms with Gasteiger partial charge in [0.1, 0.15) is 17.9 Å². The number of furan rings is 1. The molecule has 4 aromatic carbocycles. The lowest BCUT2D eigenvalue weighted by molar-refractivity contribution is 0.0996. The van der Waals surface area contributed by atoms with Crippen molar-refractivity contribution in [3.05, 3.63) is 126 Å². The third-order valence-electron chi connectivity index (χ3n) is 5.41. The quantitative estimate of drug-likeness (QED) is 0.289. The van der Waals surface area contributed by atoms with Gasteiger partial charge in [-0.25, -0.2) is 0 Å². The molecule has 0 bridgehead atoms. The monoisotopic (exact) mass is 462 g/mol. The molecule has 0 fully saturated rings. The van der Waals surface area contributed by atoms with Crippen molar-refractivity contribution < 1.29 is 18.7 Å². The van der Waals surface area contributed by atoms with Crippen LogP contribution in [0.1, 0.15) is 26.5 Å². The van der Waals surface area contributed by atoms with Gasteiger partial charge in [-0.15, -0.1) is 0 Å².